The summed E-state index contributed by atoms with van der Waals surface area (Å²) in [5, 5.41) is 13.1. The molecule has 2 aromatic heterocycles. The molecule has 7 heteroatoms. The molecule has 3 rings (SSSR count). The van der Waals surface area contributed by atoms with Crippen LogP contribution in [-0.2, 0) is 0 Å². The van der Waals surface area contributed by atoms with Crippen LogP contribution >= 0.6 is 0 Å². The molecule has 1 atom stereocenters. The quantitative estimate of drug-likeness (QED) is 0.852. The molecule has 2 aromatic rings. The van der Waals surface area contributed by atoms with Crippen molar-refractivity contribution in [1.29, 1.82) is 0 Å². The zero-order valence-electron chi connectivity index (χ0n) is 9.56. The first-order valence-corrected chi connectivity index (χ1v) is 5.67. The molecule has 0 saturated carbocycles. The molecule has 1 aliphatic rings. The van der Waals surface area contributed by atoms with Gasteiger partial charge in [0.25, 0.3) is 0 Å². The number of carboxylic acid groups (broad SMARTS) is 1. The van der Waals surface area contributed by atoms with Gasteiger partial charge in [-0.1, -0.05) is 0 Å². The van der Waals surface area contributed by atoms with E-state index in [4.69, 9.17) is 9.84 Å². The van der Waals surface area contributed by atoms with Gasteiger partial charge in [-0.25, -0.2) is 14.3 Å². The Labute approximate surface area is 103 Å². The highest BCUT2D eigenvalue weighted by Crippen LogP contribution is 2.16. The Balaban J connectivity index is 1.71. The fourth-order valence-corrected chi connectivity index (χ4v) is 2.03. The van der Waals surface area contributed by atoms with E-state index in [9.17, 15) is 4.79 Å². The molecule has 0 aromatic carbocycles. The fraction of sp³-hybridized carbons (Fsp3) is 0.364. The van der Waals surface area contributed by atoms with Crippen LogP contribution < -0.4 is 4.74 Å². The van der Waals surface area contributed by atoms with Gasteiger partial charge < -0.3 is 14.7 Å². The Morgan fingerprint density at radius 2 is 2.39 bits per heavy atom. The predicted molar refractivity (Wildman–Crippen MR) is 61.6 cm³/mol. The number of aromatic nitrogens is 3. The number of nitrogens with zero attached hydrogens (tertiary/aromatic N) is 4. The number of rotatable bonds is 2. The van der Waals surface area contributed by atoms with Crippen LogP contribution in [0.15, 0.2) is 24.5 Å². The van der Waals surface area contributed by atoms with E-state index in [1.54, 1.807) is 23.0 Å². The summed E-state index contributed by atoms with van der Waals surface area (Å²) in [7, 11) is 0. The second kappa shape index (κ2) is 4.17. The van der Waals surface area contributed by atoms with Gasteiger partial charge in [-0.3, -0.25) is 0 Å². The Bertz CT molecular complexity index is 582. The molecule has 1 saturated heterocycles. The first-order valence-electron chi connectivity index (χ1n) is 5.67. The van der Waals surface area contributed by atoms with Gasteiger partial charge in [0.05, 0.1) is 6.54 Å². The third kappa shape index (κ3) is 1.94. The van der Waals surface area contributed by atoms with E-state index in [2.05, 4.69) is 10.1 Å². The van der Waals surface area contributed by atoms with E-state index in [0.717, 1.165) is 5.65 Å². The fourth-order valence-electron chi connectivity index (χ4n) is 2.03. The summed E-state index contributed by atoms with van der Waals surface area (Å²) >= 11 is 0. The zero-order valence-corrected chi connectivity index (χ0v) is 9.56. The highest BCUT2D eigenvalue weighted by atomic mass is 16.5. The number of likely N-dealkylation sites (tertiary alicyclic amines) is 1. The number of amides is 1. The van der Waals surface area contributed by atoms with Crippen molar-refractivity contribution < 1.29 is 14.6 Å². The predicted octanol–water partition coefficient (Wildman–Crippen LogP) is 0.860. The maximum absolute atomic E-state index is 10.8. The highest BCUT2D eigenvalue weighted by Gasteiger charge is 2.27. The number of hydrogen-bond acceptors (Lipinski definition) is 4. The summed E-state index contributed by atoms with van der Waals surface area (Å²) in [6.45, 7) is 0.895. The molecule has 3 heterocycles. The van der Waals surface area contributed by atoms with Crippen LogP contribution in [-0.4, -0.2) is 49.9 Å². The standard InChI is InChI=1S/C11H12N4O3/c16-11(17)14-5-3-8(7-14)18-10-2-1-9-12-4-6-15(9)13-10/h1-2,4,6,8H,3,5,7H2,(H,16,17). The molecular weight excluding hydrogens is 236 g/mol. The van der Waals surface area contributed by atoms with E-state index in [1.807, 2.05) is 6.07 Å². The number of imidazole rings is 1. The lowest BCUT2D eigenvalue weighted by atomic mass is 10.3. The van der Waals surface area contributed by atoms with Crippen LogP contribution in [0, 0.1) is 0 Å². The van der Waals surface area contributed by atoms with Gasteiger partial charge in [0.1, 0.15) is 6.10 Å². The summed E-state index contributed by atoms with van der Waals surface area (Å²) in [6, 6.07) is 3.55. The minimum Gasteiger partial charge on any atom is -0.471 e. The lowest BCUT2D eigenvalue weighted by Gasteiger charge is -2.13. The van der Waals surface area contributed by atoms with E-state index in [1.165, 1.54) is 4.90 Å². The maximum atomic E-state index is 10.8. The molecule has 1 aliphatic heterocycles. The van der Waals surface area contributed by atoms with E-state index in [0.29, 0.717) is 25.4 Å². The second-order valence-corrected chi connectivity index (χ2v) is 4.16. The summed E-state index contributed by atoms with van der Waals surface area (Å²) in [4.78, 5) is 16.2. The summed E-state index contributed by atoms with van der Waals surface area (Å²) in [5.74, 6) is 0.484. The van der Waals surface area contributed by atoms with Crippen molar-refractivity contribution >= 4 is 11.7 Å². The van der Waals surface area contributed by atoms with Crippen LogP contribution in [0.3, 0.4) is 0 Å². The molecule has 0 radical (unpaired) electrons. The molecule has 7 nitrogen and oxygen atoms in total. The van der Waals surface area contributed by atoms with Crippen LogP contribution in [0.2, 0.25) is 0 Å². The van der Waals surface area contributed by atoms with E-state index in [-0.39, 0.29) is 6.10 Å². The third-order valence-corrected chi connectivity index (χ3v) is 2.93. The Kier molecular flexibility index (Phi) is 2.51. The monoisotopic (exact) mass is 248 g/mol. The number of ether oxygens (including phenoxy) is 1. The van der Waals surface area contributed by atoms with Crippen molar-refractivity contribution in [3.05, 3.63) is 24.5 Å². The first kappa shape index (κ1) is 10.8. The molecular formula is C11H12N4O3. The van der Waals surface area contributed by atoms with Gasteiger partial charge in [0.15, 0.2) is 5.65 Å². The second-order valence-electron chi connectivity index (χ2n) is 4.16. The summed E-state index contributed by atoms with van der Waals surface area (Å²) < 4.78 is 7.29. The van der Waals surface area contributed by atoms with Crippen molar-refractivity contribution in [2.75, 3.05) is 13.1 Å². The van der Waals surface area contributed by atoms with Gasteiger partial charge in [0, 0.05) is 31.4 Å². The van der Waals surface area contributed by atoms with Crippen molar-refractivity contribution in [2.24, 2.45) is 0 Å². The van der Waals surface area contributed by atoms with Gasteiger partial charge in [-0.05, 0) is 6.07 Å². The average molecular weight is 248 g/mol. The smallest absolute Gasteiger partial charge is 0.407 e. The molecule has 1 amide bonds. The SMILES string of the molecule is O=C(O)N1CCC(Oc2ccc3nccn3n2)C1. The molecule has 0 bridgehead atoms. The summed E-state index contributed by atoms with van der Waals surface area (Å²) in [5.41, 5.74) is 0.751. The van der Waals surface area contributed by atoms with E-state index >= 15 is 0 Å². The van der Waals surface area contributed by atoms with Gasteiger partial charge in [-0.15, -0.1) is 5.10 Å². The van der Waals surface area contributed by atoms with Crippen LogP contribution in [0.5, 0.6) is 5.88 Å². The lowest BCUT2D eigenvalue weighted by molar-refractivity contribution is 0.144. The first-order chi connectivity index (χ1) is 8.72. The molecule has 1 unspecified atom stereocenters. The largest absolute Gasteiger partial charge is 0.471 e. The minimum atomic E-state index is -0.904. The number of carbonyl (C=O) groups is 1. The minimum absolute atomic E-state index is 0.130. The van der Waals surface area contributed by atoms with Gasteiger partial charge in [-0.2, -0.15) is 0 Å². The van der Waals surface area contributed by atoms with Crippen LogP contribution in [0.25, 0.3) is 5.65 Å². The topological polar surface area (TPSA) is 80.0 Å². The molecule has 1 N–H and O–H groups in total. The molecule has 94 valence electrons. The van der Waals surface area contributed by atoms with E-state index < -0.39 is 6.09 Å². The third-order valence-electron chi connectivity index (χ3n) is 2.93. The highest BCUT2D eigenvalue weighted by molar-refractivity contribution is 5.65. The van der Waals surface area contributed by atoms with Gasteiger partial charge in [0.2, 0.25) is 5.88 Å². The average Bonchev–Trinajstić information content (AvgIpc) is 2.96. The Morgan fingerprint density at radius 1 is 1.50 bits per heavy atom. The Morgan fingerprint density at radius 3 is 3.17 bits per heavy atom. The number of hydrogen-bond donors (Lipinski definition) is 1. The van der Waals surface area contributed by atoms with Crippen molar-refractivity contribution in [2.45, 2.75) is 12.5 Å². The lowest BCUT2D eigenvalue weighted by Crippen LogP contribution is -2.29. The molecule has 0 spiro atoms. The van der Waals surface area contributed by atoms with Crippen LogP contribution in [0.4, 0.5) is 4.79 Å². The summed E-state index contributed by atoms with van der Waals surface area (Å²) in [6.07, 6.45) is 3.05. The Hall–Kier alpha value is -2.31. The number of fused-ring (bicyclic) bond motifs is 1. The van der Waals surface area contributed by atoms with Crippen molar-refractivity contribution in [3.63, 3.8) is 0 Å². The molecule has 0 aliphatic carbocycles. The van der Waals surface area contributed by atoms with Crippen molar-refractivity contribution in [3.8, 4) is 5.88 Å². The normalized spacial score (nSPS) is 19.3. The van der Waals surface area contributed by atoms with Crippen molar-refractivity contribution in [1.82, 2.24) is 19.5 Å². The zero-order chi connectivity index (χ0) is 12.5. The molecule has 1 fully saturated rings. The molecule has 18 heavy (non-hydrogen) atoms. The van der Waals surface area contributed by atoms with Crippen LogP contribution in [0.1, 0.15) is 6.42 Å². The van der Waals surface area contributed by atoms with Gasteiger partial charge >= 0.3 is 6.09 Å². The maximum Gasteiger partial charge on any atom is 0.407 e.